The predicted octanol–water partition coefficient (Wildman–Crippen LogP) is 4.46. The number of aromatic nitrogens is 3. The van der Waals surface area contributed by atoms with Crippen molar-refractivity contribution in [1.82, 2.24) is 20.3 Å². The molecule has 4 rings (SSSR count). The van der Waals surface area contributed by atoms with Gasteiger partial charge in [-0.05, 0) is 54.2 Å². The van der Waals surface area contributed by atoms with Gasteiger partial charge >= 0.3 is 0 Å². The van der Waals surface area contributed by atoms with Crippen molar-refractivity contribution >= 4 is 35.4 Å². The highest BCUT2D eigenvalue weighted by Crippen LogP contribution is 2.24. The van der Waals surface area contributed by atoms with Gasteiger partial charge in [0, 0.05) is 43.3 Å². The summed E-state index contributed by atoms with van der Waals surface area (Å²) in [7, 11) is 0. The number of carbonyl (C=O) groups is 1. The average Bonchev–Trinajstić information content (AvgIpc) is 3.04. The highest BCUT2D eigenvalue weighted by Gasteiger charge is 2.15. The van der Waals surface area contributed by atoms with Crippen molar-refractivity contribution < 1.29 is 14.3 Å². The molecule has 43 heavy (non-hydrogen) atoms. The highest BCUT2D eigenvalue weighted by molar-refractivity contribution is 6.30. The number of nitrogens with two attached hydrogens (primary N) is 1. The molecule has 0 radical (unpaired) electrons. The molecule has 6 N–H and O–H groups in total. The van der Waals surface area contributed by atoms with E-state index in [-0.39, 0.29) is 5.91 Å². The lowest BCUT2D eigenvalue weighted by molar-refractivity contribution is 0.0511. The van der Waals surface area contributed by atoms with Gasteiger partial charge in [-0.1, -0.05) is 55.1 Å². The Hall–Kier alpha value is -3.51. The van der Waals surface area contributed by atoms with Crippen molar-refractivity contribution in [2.24, 2.45) is 11.7 Å². The number of rotatable bonds is 18. The predicted molar refractivity (Wildman–Crippen MR) is 170 cm³/mol. The Bertz CT molecular complexity index is 1240. The average molecular weight is 611 g/mol. The lowest BCUT2D eigenvalue weighted by Crippen LogP contribution is -2.27. The zero-order valence-electron chi connectivity index (χ0n) is 24.6. The second kappa shape index (κ2) is 18.2. The standard InChI is InChI=1S/C31H43ClN8O3/c32-27-12-8-25(9-13-27)22-37-31-39-29(35-20-23-4-2-1-3-5-23)38-30(40-31)36-21-24-6-10-26(11-7-24)28(41)34-15-17-43-19-18-42-16-14-33/h6-13,23H,1-5,14-22,33H2,(H,34,41)(H3,35,36,37,38,39,40). The van der Waals surface area contributed by atoms with E-state index in [9.17, 15) is 4.79 Å². The van der Waals surface area contributed by atoms with Gasteiger partial charge in [0.05, 0.1) is 26.4 Å². The van der Waals surface area contributed by atoms with Crippen LogP contribution in [0.2, 0.25) is 5.02 Å². The summed E-state index contributed by atoms with van der Waals surface area (Å²) in [5.74, 6) is 1.98. The first kappa shape index (κ1) is 32.4. The minimum absolute atomic E-state index is 0.148. The molecule has 1 aliphatic rings. The van der Waals surface area contributed by atoms with Crippen molar-refractivity contribution in [1.29, 1.82) is 0 Å². The van der Waals surface area contributed by atoms with E-state index in [1.54, 1.807) is 12.1 Å². The third-order valence-electron chi connectivity index (χ3n) is 7.11. The second-order valence-electron chi connectivity index (χ2n) is 10.5. The molecule has 0 bridgehead atoms. The van der Waals surface area contributed by atoms with Crippen LogP contribution in [-0.2, 0) is 22.6 Å². The van der Waals surface area contributed by atoms with Gasteiger partial charge in [0.2, 0.25) is 17.8 Å². The fraction of sp³-hybridized carbons (Fsp3) is 0.484. The summed E-state index contributed by atoms with van der Waals surface area (Å²) in [6, 6.07) is 15.1. The van der Waals surface area contributed by atoms with E-state index in [2.05, 4.69) is 36.2 Å². The maximum atomic E-state index is 12.5. The van der Waals surface area contributed by atoms with Crippen LogP contribution in [0.3, 0.4) is 0 Å². The summed E-state index contributed by atoms with van der Waals surface area (Å²) in [5.41, 5.74) is 8.02. The first-order valence-corrected chi connectivity index (χ1v) is 15.4. The zero-order valence-corrected chi connectivity index (χ0v) is 25.4. The smallest absolute Gasteiger partial charge is 0.251 e. The maximum absolute atomic E-state index is 12.5. The van der Waals surface area contributed by atoms with Crippen molar-refractivity contribution in [3.8, 4) is 0 Å². The normalized spacial score (nSPS) is 13.4. The quantitative estimate of drug-likeness (QED) is 0.131. The van der Waals surface area contributed by atoms with E-state index in [4.69, 9.17) is 26.8 Å². The number of nitrogens with one attached hydrogen (secondary N) is 4. The number of nitrogens with zero attached hydrogens (tertiary/aromatic N) is 3. The summed E-state index contributed by atoms with van der Waals surface area (Å²) >= 11 is 6.03. The molecule has 232 valence electrons. The lowest BCUT2D eigenvalue weighted by atomic mass is 9.89. The number of amides is 1. The van der Waals surface area contributed by atoms with Gasteiger partial charge in [-0.25, -0.2) is 0 Å². The topological polar surface area (TPSA) is 148 Å². The fourth-order valence-corrected chi connectivity index (χ4v) is 4.85. The molecule has 1 fully saturated rings. The highest BCUT2D eigenvalue weighted by atomic mass is 35.5. The van der Waals surface area contributed by atoms with Gasteiger partial charge in [0.1, 0.15) is 0 Å². The molecule has 0 atom stereocenters. The lowest BCUT2D eigenvalue weighted by Gasteiger charge is -2.21. The molecule has 0 aliphatic heterocycles. The largest absolute Gasteiger partial charge is 0.378 e. The van der Waals surface area contributed by atoms with Crippen LogP contribution in [0.25, 0.3) is 0 Å². The minimum Gasteiger partial charge on any atom is -0.378 e. The van der Waals surface area contributed by atoms with Gasteiger partial charge in [-0.3, -0.25) is 4.79 Å². The molecule has 2 aromatic carbocycles. The number of ether oxygens (including phenoxy) is 2. The molecule has 12 heteroatoms. The number of halogens is 1. The Balaban J connectivity index is 1.29. The molecule has 1 aromatic heterocycles. The van der Waals surface area contributed by atoms with Crippen molar-refractivity contribution in [3.05, 3.63) is 70.2 Å². The maximum Gasteiger partial charge on any atom is 0.251 e. The first-order chi connectivity index (χ1) is 21.1. The minimum atomic E-state index is -0.148. The summed E-state index contributed by atoms with van der Waals surface area (Å²) in [4.78, 5) is 26.3. The molecule has 0 unspecified atom stereocenters. The summed E-state index contributed by atoms with van der Waals surface area (Å²) in [6.07, 6.45) is 6.35. The molecule has 1 aliphatic carbocycles. The Kier molecular flexibility index (Phi) is 13.7. The SMILES string of the molecule is NCCOCCOCCNC(=O)c1ccc(CNc2nc(NCc3ccc(Cl)cc3)nc(NCC3CCCCC3)n2)cc1. The molecule has 3 aromatic rings. The van der Waals surface area contributed by atoms with Crippen LogP contribution in [-0.4, -0.2) is 66.9 Å². The number of hydrogen-bond donors (Lipinski definition) is 5. The summed E-state index contributed by atoms with van der Waals surface area (Å²) in [5, 5.41) is 13.6. The monoisotopic (exact) mass is 610 g/mol. The van der Waals surface area contributed by atoms with Crippen LogP contribution in [0.15, 0.2) is 48.5 Å². The molecule has 1 heterocycles. The van der Waals surface area contributed by atoms with E-state index < -0.39 is 0 Å². The molecule has 1 amide bonds. The Morgan fingerprint density at radius 2 is 1.33 bits per heavy atom. The van der Waals surface area contributed by atoms with Crippen LogP contribution in [0.4, 0.5) is 17.8 Å². The Labute approximate surface area is 258 Å². The first-order valence-electron chi connectivity index (χ1n) is 15.0. The number of hydrogen-bond acceptors (Lipinski definition) is 10. The number of carbonyl (C=O) groups excluding carboxylic acids is 1. The molecule has 11 nitrogen and oxygen atoms in total. The van der Waals surface area contributed by atoms with Gasteiger partial charge in [0.25, 0.3) is 5.91 Å². The Morgan fingerprint density at radius 1 is 0.767 bits per heavy atom. The number of anilines is 3. The van der Waals surface area contributed by atoms with Crippen molar-refractivity contribution in [2.75, 3.05) is 62.0 Å². The Morgan fingerprint density at radius 3 is 1.93 bits per heavy atom. The van der Waals surface area contributed by atoms with Gasteiger partial charge in [-0.15, -0.1) is 0 Å². The van der Waals surface area contributed by atoms with E-state index >= 15 is 0 Å². The molecular formula is C31H43ClN8O3. The van der Waals surface area contributed by atoms with Gasteiger partial charge in [-0.2, -0.15) is 15.0 Å². The van der Waals surface area contributed by atoms with E-state index in [1.165, 1.54) is 32.1 Å². The third kappa shape index (κ3) is 11.9. The van der Waals surface area contributed by atoms with E-state index in [0.29, 0.717) is 87.0 Å². The van der Waals surface area contributed by atoms with Gasteiger partial charge in [0.15, 0.2) is 0 Å². The molecular weight excluding hydrogens is 568 g/mol. The van der Waals surface area contributed by atoms with Crippen LogP contribution in [0.5, 0.6) is 0 Å². The summed E-state index contributed by atoms with van der Waals surface area (Å²) < 4.78 is 10.7. The van der Waals surface area contributed by atoms with E-state index in [0.717, 1.165) is 17.7 Å². The fourth-order valence-electron chi connectivity index (χ4n) is 4.72. The zero-order chi connectivity index (χ0) is 30.1. The third-order valence-corrected chi connectivity index (χ3v) is 7.36. The molecule has 1 saturated carbocycles. The number of benzene rings is 2. The van der Waals surface area contributed by atoms with Crippen LogP contribution < -0.4 is 27.0 Å². The summed E-state index contributed by atoms with van der Waals surface area (Å²) in [6.45, 7) is 4.70. The second-order valence-corrected chi connectivity index (χ2v) is 10.9. The molecule has 0 spiro atoms. The van der Waals surface area contributed by atoms with Crippen LogP contribution >= 0.6 is 11.6 Å². The van der Waals surface area contributed by atoms with Gasteiger partial charge < -0.3 is 36.5 Å². The molecule has 0 saturated heterocycles. The van der Waals surface area contributed by atoms with E-state index in [1.807, 2.05) is 36.4 Å². The van der Waals surface area contributed by atoms with Crippen molar-refractivity contribution in [3.63, 3.8) is 0 Å². The van der Waals surface area contributed by atoms with Crippen molar-refractivity contribution in [2.45, 2.75) is 45.2 Å². The van der Waals surface area contributed by atoms with Crippen LogP contribution in [0.1, 0.15) is 53.6 Å². The van der Waals surface area contributed by atoms with Crippen LogP contribution in [0, 0.1) is 5.92 Å².